The lowest BCUT2D eigenvalue weighted by molar-refractivity contribution is 0.264. The third-order valence-electron chi connectivity index (χ3n) is 4.58. The molecule has 4 nitrogen and oxygen atoms in total. The maximum Gasteiger partial charge on any atom is 0.101 e. The van der Waals surface area contributed by atoms with Crippen LogP contribution in [-0.2, 0) is 0 Å². The van der Waals surface area contributed by atoms with Gasteiger partial charge in [-0.1, -0.05) is 36.4 Å². The molecule has 2 atom stereocenters. The first-order valence-electron chi connectivity index (χ1n) is 7.97. The van der Waals surface area contributed by atoms with E-state index < -0.39 is 0 Å². The van der Waals surface area contributed by atoms with E-state index in [4.69, 9.17) is 0 Å². The Morgan fingerprint density at radius 1 is 1.05 bits per heavy atom. The molecule has 0 radical (unpaired) electrons. The van der Waals surface area contributed by atoms with Crippen LogP contribution in [0.3, 0.4) is 0 Å². The molecule has 1 aromatic heterocycles. The van der Waals surface area contributed by atoms with Gasteiger partial charge in [0.15, 0.2) is 0 Å². The molecule has 0 saturated carbocycles. The van der Waals surface area contributed by atoms with Crippen molar-refractivity contribution >= 4 is 10.8 Å². The molecule has 2 aromatic carbocycles. The van der Waals surface area contributed by atoms with Crippen molar-refractivity contribution in [2.24, 2.45) is 5.92 Å². The van der Waals surface area contributed by atoms with Crippen molar-refractivity contribution in [3.8, 4) is 0 Å². The average Bonchev–Trinajstić information content (AvgIpc) is 3.10. The summed E-state index contributed by atoms with van der Waals surface area (Å²) in [6, 6.07) is 15.4. The Labute approximate surface area is 130 Å². The summed E-state index contributed by atoms with van der Waals surface area (Å²) < 4.78 is 0. The van der Waals surface area contributed by atoms with Crippen LogP contribution in [-0.4, -0.2) is 28.1 Å². The molecule has 0 aliphatic carbocycles. The van der Waals surface area contributed by atoms with Crippen molar-refractivity contribution in [3.05, 3.63) is 60.4 Å². The summed E-state index contributed by atoms with van der Waals surface area (Å²) in [5.41, 5.74) is 1.30. The minimum absolute atomic E-state index is 0.201. The smallest absolute Gasteiger partial charge is 0.101 e. The third kappa shape index (κ3) is 2.50. The second-order valence-electron chi connectivity index (χ2n) is 6.01. The fraction of sp³-hybridized carbons (Fsp3) is 0.333. The molecular formula is C18H20N4. The molecule has 4 rings (SSSR count). The minimum Gasteiger partial charge on any atom is -0.316 e. The van der Waals surface area contributed by atoms with Crippen molar-refractivity contribution in [2.45, 2.75) is 18.9 Å². The van der Waals surface area contributed by atoms with E-state index in [2.05, 4.69) is 58.0 Å². The van der Waals surface area contributed by atoms with Gasteiger partial charge in [0.1, 0.15) is 6.04 Å². The summed E-state index contributed by atoms with van der Waals surface area (Å²) in [6.07, 6.45) is 5.97. The van der Waals surface area contributed by atoms with Crippen LogP contribution in [0.1, 0.15) is 24.4 Å². The zero-order chi connectivity index (χ0) is 14.8. The largest absolute Gasteiger partial charge is 0.316 e. The van der Waals surface area contributed by atoms with Gasteiger partial charge in [0.25, 0.3) is 0 Å². The zero-order valence-corrected chi connectivity index (χ0v) is 12.5. The quantitative estimate of drug-likeness (QED) is 0.807. The lowest BCUT2D eigenvalue weighted by Crippen LogP contribution is -2.36. The molecule has 22 heavy (non-hydrogen) atoms. The molecule has 1 saturated heterocycles. The van der Waals surface area contributed by atoms with Gasteiger partial charge in [0.2, 0.25) is 0 Å². The second kappa shape index (κ2) is 5.89. The van der Waals surface area contributed by atoms with Crippen molar-refractivity contribution < 1.29 is 0 Å². The van der Waals surface area contributed by atoms with E-state index in [-0.39, 0.29) is 6.04 Å². The van der Waals surface area contributed by atoms with Gasteiger partial charge in [-0.2, -0.15) is 15.0 Å². The molecule has 1 aliphatic rings. The molecule has 4 heteroatoms. The van der Waals surface area contributed by atoms with Gasteiger partial charge in [-0.3, -0.25) is 0 Å². The number of hydrogen-bond donors (Lipinski definition) is 1. The number of benzene rings is 2. The van der Waals surface area contributed by atoms with Gasteiger partial charge in [0.05, 0.1) is 12.4 Å². The third-order valence-corrected chi connectivity index (χ3v) is 4.58. The number of fused-ring (bicyclic) bond motifs is 1. The van der Waals surface area contributed by atoms with E-state index in [0.29, 0.717) is 5.92 Å². The summed E-state index contributed by atoms with van der Waals surface area (Å²) in [7, 11) is 0. The van der Waals surface area contributed by atoms with E-state index in [0.717, 1.165) is 13.1 Å². The lowest BCUT2D eigenvalue weighted by Gasteiger charge is -2.30. The summed E-state index contributed by atoms with van der Waals surface area (Å²) in [6.45, 7) is 2.15. The van der Waals surface area contributed by atoms with Gasteiger partial charge in [-0.05, 0) is 47.7 Å². The Bertz CT molecular complexity index is 745. The molecule has 1 N–H and O–H groups in total. The van der Waals surface area contributed by atoms with Gasteiger partial charge >= 0.3 is 0 Å². The standard InChI is InChI=1S/C18H20N4/c1-2-5-15-12-16(8-7-14(15)4-1)18(22-20-10-11-21-22)17-6-3-9-19-13-17/h1-2,4-5,7-8,10-12,17-19H,3,6,9,13H2. The van der Waals surface area contributed by atoms with Crippen LogP contribution < -0.4 is 5.32 Å². The van der Waals surface area contributed by atoms with Gasteiger partial charge < -0.3 is 5.32 Å². The highest BCUT2D eigenvalue weighted by Gasteiger charge is 2.27. The summed E-state index contributed by atoms with van der Waals surface area (Å²) >= 11 is 0. The Hall–Kier alpha value is -2.20. The van der Waals surface area contributed by atoms with Crippen LogP contribution in [0, 0.1) is 5.92 Å². The first-order chi connectivity index (χ1) is 10.9. The number of rotatable bonds is 3. The average molecular weight is 292 g/mol. The number of nitrogens with one attached hydrogen (secondary N) is 1. The van der Waals surface area contributed by atoms with Gasteiger partial charge in [-0.15, -0.1) is 0 Å². The highest BCUT2D eigenvalue weighted by atomic mass is 15.5. The predicted molar refractivity (Wildman–Crippen MR) is 87.7 cm³/mol. The molecule has 2 heterocycles. The highest BCUT2D eigenvalue weighted by Crippen LogP contribution is 2.31. The predicted octanol–water partition coefficient (Wildman–Crippen LogP) is 3.02. The van der Waals surface area contributed by atoms with Crippen molar-refractivity contribution in [1.29, 1.82) is 0 Å². The fourth-order valence-corrected chi connectivity index (χ4v) is 3.50. The normalized spacial score (nSPS) is 20.1. The van der Waals surface area contributed by atoms with Crippen LogP contribution in [0.15, 0.2) is 54.9 Å². The van der Waals surface area contributed by atoms with E-state index in [1.807, 2.05) is 4.80 Å². The van der Waals surface area contributed by atoms with Gasteiger partial charge in [0, 0.05) is 6.54 Å². The molecule has 3 aromatic rings. The lowest BCUT2D eigenvalue weighted by atomic mass is 9.87. The van der Waals surface area contributed by atoms with Crippen molar-refractivity contribution in [3.63, 3.8) is 0 Å². The van der Waals surface area contributed by atoms with E-state index in [1.54, 1.807) is 12.4 Å². The van der Waals surface area contributed by atoms with Gasteiger partial charge in [-0.25, -0.2) is 0 Å². The van der Waals surface area contributed by atoms with Crippen LogP contribution in [0.2, 0.25) is 0 Å². The monoisotopic (exact) mass is 292 g/mol. The second-order valence-corrected chi connectivity index (χ2v) is 6.01. The molecule has 0 bridgehead atoms. The number of hydrogen-bond acceptors (Lipinski definition) is 3. The zero-order valence-electron chi connectivity index (χ0n) is 12.5. The Kier molecular flexibility index (Phi) is 3.60. The van der Waals surface area contributed by atoms with E-state index >= 15 is 0 Å². The summed E-state index contributed by atoms with van der Waals surface area (Å²) in [5, 5.41) is 14.9. The van der Waals surface area contributed by atoms with Crippen molar-refractivity contribution in [1.82, 2.24) is 20.3 Å². The van der Waals surface area contributed by atoms with Crippen LogP contribution in [0.5, 0.6) is 0 Å². The summed E-state index contributed by atoms with van der Waals surface area (Å²) in [5.74, 6) is 0.530. The molecule has 0 amide bonds. The molecular weight excluding hydrogens is 272 g/mol. The Morgan fingerprint density at radius 3 is 2.64 bits per heavy atom. The maximum absolute atomic E-state index is 4.43. The Balaban J connectivity index is 1.78. The molecule has 2 unspecified atom stereocenters. The Morgan fingerprint density at radius 2 is 1.86 bits per heavy atom. The molecule has 1 fully saturated rings. The number of aromatic nitrogens is 3. The maximum atomic E-state index is 4.43. The van der Waals surface area contributed by atoms with Crippen LogP contribution in [0.25, 0.3) is 10.8 Å². The first kappa shape index (κ1) is 13.5. The first-order valence-corrected chi connectivity index (χ1v) is 7.97. The van der Waals surface area contributed by atoms with Crippen molar-refractivity contribution in [2.75, 3.05) is 13.1 Å². The van der Waals surface area contributed by atoms with Crippen LogP contribution in [0.4, 0.5) is 0 Å². The summed E-state index contributed by atoms with van der Waals surface area (Å²) in [4.78, 5) is 1.88. The SMILES string of the molecule is c1ccc2cc(C(C3CCCNC3)n3nccn3)ccc2c1. The number of piperidine rings is 1. The van der Waals surface area contributed by atoms with Crippen LogP contribution >= 0.6 is 0 Å². The fourth-order valence-electron chi connectivity index (χ4n) is 3.50. The molecule has 1 aliphatic heterocycles. The minimum atomic E-state index is 0.201. The van der Waals surface area contributed by atoms with E-state index in [1.165, 1.54) is 29.2 Å². The number of nitrogens with zero attached hydrogens (tertiary/aromatic N) is 3. The topological polar surface area (TPSA) is 42.7 Å². The van der Waals surface area contributed by atoms with E-state index in [9.17, 15) is 0 Å². The molecule has 0 spiro atoms. The molecule has 112 valence electrons. The highest BCUT2D eigenvalue weighted by molar-refractivity contribution is 5.83.